The summed E-state index contributed by atoms with van der Waals surface area (Å²) in [5.41, 5.74) is -0.325. The van der Waals surface area contributed by atoms with Crippen molar-refractivity contribution in [3.63, 3.8) is 0 Å². The second-order valence-electron chi connectivity index (χ2n) is 4.91. The Morgan fingerprint density at radius 1 is 1.15 bits per heavy atom. The number of hydrogen-bond donors (Lipinski definition) is 1. The van der Waals surface area contributed by atoms with E-state index in [0.717, 1.165) is 19.2 Å². The normalized spacial score (nSPS) is 12.1. The Morgan fingerprint density at radius 2 is 1.65 bits per heavy atom. The lowest BCUT2D eigenvalue weighted by molar-refractivity contribution is -0.119. The molecular formula is C13H17F5N2. The highest BCUT2D eigenvalue weighted by Crippen LogP contribution is 2.27. The molecule has 1 aromatic carbocycles. The molecule has 20 heavy (non-hydrogen) atoms. The van der Waals surface area contributed by atoms with Crippen LogP contribution in [0.5, 0.6) is 0 Å². The fourth-order valence-corrected chi connectivity index (χ4v) is 1.75. The van der Waals surface area contributed by atoms with E-state index in [1.54, 1.807) is 0 Å². The van der Waals surface area contributed by atoms with Crippen molar-refractivity contribution in [2.75, 3.05) is 18.5 Å². The van der Waals surface area contributed by atoms with E-state index in [1.807, 2.05) is 13.8 Å². The van der Waals surface area contributed by atoms with Gasteiger partial charge < -0.3 is 10.2 Å². The summed E-state index contributed by atoms with van der Waals surface area (Å²) in [5.74, 6) is -2.00. The summed E-state index contributed by atoms with van der Waals surface area (Å²) >= 11 is 0. The van der Waals surface area contributed by atoms with Crippen LogP contribution >= 0.6 is 0 Å². The minimum absolute atomic E-state index is 0.133. The first kappa shape index (κ1) is 16.7. The third-order valence-electron chi connectivity index (χ3n) is 2.59. The monoisotopic (exact) mass is 296 g/mol. The van der Waals surface area contributed by atoms with E-state index in [-0.39, 0.29) is 12.6 Å². The zero-order valence-corrected chi connectivity index (χ0v) is 11.5. The number of halogens is 5. The number of benzene rings is 1. The van der Waals surface area contributed by atoms with Gasteiger partial charge in [0, 0.05) is 19.6 Å². The van der Waals surface area contributed by atoms with Gasteiger partial charge in [0.2, 0.25) is 0 Å². The average Bonchev–Trinajstić information content (AvgIpc) is 2.22. The summed E-state index contributed by atoms with van der Waals surface area (Å²) in [4.78, 5) is 0.518. The Balaban J connectivity index is 2.94. The molecular weight excluding hydrogens is 279 g/mol. The van der Waals surface area contributed by atoms with Crippen LogP contribution in [0.15, 0.2) is 12.1 Å². The van der Waals surface area contributed by atoms with Crippen LogP contribution in [0.4, 0.5) is 27.6 Å². The zero-order chi connectivity index (χ0) is 15.5. The number of nitrogens with zero attached hydrogens (tertiary/aromatic N) is 1. The van der Waals surface area contributed by atoms with Crippen molar-refractivity contribution >= 4 is 5.69 Å². The minimum Gasteiger partial charge on any atom is -0.361 e. The summed E-state index contributed by atoms with van der Waals surface area (Å²) in [5, 5.41) is 2.98. The highest BCUT2D eigenvalue weighted by molar-refractivity contribution is 5.50. The second kappa shape index (κ2) is 6.39. The molecule has 1 rings (SSSR count). The molecule has 0 aliphatic heterocycles. The zero-order valence-electron chi connectivity index (χ0n) is 11.5. The first-order valence-electron chi connectivity index (χ1n) is 6.09. The minimum atomic E-state index is -4.52. The third-order valence-corrected chi connectivity index (χ3v) is 2.59. The molecule has 114 valence electrons. The van der Waals surface area contributed by atoms with Crippen molar-refractivity contribution < 1.29 is 22.0 Å². The number of rotatable bonds is 5. The first-order chi connectivity index (χ1) is 9.10. The Kier molecular flexibility index (Phi) is 5.33. The molecule has 1 N–H and O–H groups in total. The standard InChI is InChI=1S/C13H17F5N2/c1-8(2)19-6-9-4-10(14)12(11(15)5-9)20(3)7-13(16,17)18/h4-5,8,19H,6-7H2,1-3H3. The van der Waals surface area contributed by atoms with Gasteiger partial charge in [-0.3, -0.25) is 0 Å². The molecule has 0 aromatic heterocycles. The quantitative estimate of drug-likeness (QED) is 0.837. The van der Waals surface area contributed by atoms with Gasteiger partial charge in [0.1, 0.15) is 23.9 Å². The maximum atomic E-state index is 13.8. The molecule has 0 saturated carbocycles. The van der Waals surface area contributed by atoms with Gasteiger partial charge in [-0.25, -0.2) is 8.78 Å². The van der Waals surface area contributed by atoms with Gasteiger partial charge in [0.05, 0.1) is 0 Å². The van der Waals surface area contributed by atoms with Crippen molar-refractivity contribution in [2.45, 2.75) is 32.6 Å². The van der Waals surface area contributed by atoms with Gasteiger partial charge in [0.25, 0.3) is 0 Å². The third kappa shape index (κ3) is 4.96. The summed E-state index contributed by atoms with van der Waals surface area (Å²) in [7, 11) is 1.00. The van der Waals surface area contributed by atoms with Crippen LogP contribution in [-0.4, -0.2) is 25.8 Å². The Morgan fingerprint density at radius 3 is 2.05 bits per heavy atom. The van der Waals surface area contributed by atoms with Crippen LogP contribution in [0.25, 0.3) is 0 Å². The fraction of sp³-hybridized carbons (Fsp3) is 0.538. The lowest BCUT2D eigenvalue weighted by Gasteiger charge is -2.22. The van der Waals surface area contributed by atoms with Gasteiger partial charge in [-0.2, -0.15) is 13.2 Å². The average molecular weight is 296 g/mol. The molecule has 1 aromatic rings. The topological polar surface area (TPSA) is 15.3 Å². The molecule has 7 heteroatoms. The molecule has 0 atom stereocenters. The predicted octanol–water partition coefficient (Wildman–Crippen LogP) is 3.46. The van der Waals surface area contributed by atoms with Crippen LogP contribution in [0.2, 0.25) is 0 Å². The highest BCUT2D eigenvalue weighted by Gasteiger charge is 2.31. The van der Waals surface area contributed by atoms with Crippen molar-refractivity contribution in [1.29, 1.82) is 0 Å². The Bertz CT molecular complexity index is 434. The molecule has 0 spiro atoms. The molecule has 0 fully saturated rings. The van der Waals surface area contributed by atoms with Crippen molar-refractivity contribution in [3.8, 4) is 0 Å². The van der Waals surface area contributed by atoms with Crippen molar-refractivity contribution in [1.82, 2.24) is 5.32 Å². The van der Waals surface area contributed by atoms with E-state index < -0.39 is 30.0 Å². The molecule has 2 nitrogen and oxygen atoms in total. The molecule has 0 unspecified atom stereocenters. The first-order valence-corrected chi connectivity index (χ1v) is 6.09. The molecule has 0 saturated heterocycles. The summed E-state index contributed by atoms with van der Waals surface area (Å²) < 4.78 is 64.3. The SMILES string of the molecule is CC(C)NCc1cc(F)c(N(C)CC(F)(F)F)c(F)c1. The number of alkyl halides is 3. The van der Waals surface area contributed by atoms with E-state index >= 15 is 0 Å². The largest absolute Gasteiger partial charge is 0.405 e. The summed E-state index contributed by atoms with van der Waals surface area (Å²) in [6.07, 6.45) is -4.52. The van der Waals surface area contributed by atoms with E-state index in [1.165, 1.54) is 0 Å². The highest BCUT2D eigenvalue weighted by atomic mass is 19.4. The van der Waals surface area contributed by atoms with Crippen LogP contribution in [0, 0.1) is 11.6 Å². The van der Waals surface area contributed by atoms with E-state index in [0.29, 0.717) is 10.5 Å². The van der Waals surface area contributed by atoms with E-state index in [2.05, 4.69) is 5.32 Å². The number of nitrogens with one attached hydrogen (secondary N) is 1. The van der Waals surface area contributed by atoms with Crippen LogP contribution < -0.4 is 10.2 Å². The maximum Gasteiger partial charge on any atom is 0.405 e. The van der Waals surface area contributed by atoms with Gasteiger partial charge >= 0.3 is 6.18 Å². The summed E-state index contributed by atoms with van der Waals surface area (Å²) in [6, 6.07) is 2.22. The molecule has 0 aliphatic carbocycles. The smallest absolute Gasteiger partial charge is 0.361 e. The molecule has 0 amide bonds. The molecule has 0 radical (unpaired) electrons. The fourth-order valence-electron chi connectivity index (χ4n) is 1.75. The molecule has 0 bridgehead atoms. The van der Waals surface area contributed by atoms with Crippen LogP contribution in [0.1, 0.15) is 19.4 Å². The van der Waals surface area contributed by atoms with Crippen LogP contribution in [-0.2, 0) is 6.54 Å². The number of anilines is 1. The van der Waals surface area contributed by atoms with E-state index in [4.69, 9.17) is 0 Å². The second-order valence-corrected chi connectivity index (χ2v) is 4.91. The van der Waals surface area contributed by atoms with Gasteiger partial charge in [-0.05, 0) is 17.7 Å². The predicted molar refractivity (Wildman–Crippen MR) is 67.7 cm³/mol. The lowest BCUT2D eigenvalue weighted by Crippen LogP contribution is -2.32. The summed E-state index contributed by atoms with van der Waals surface area (Å²) in [6.45, 7) is 2.58. The lowest BCUT2D eigenvalue weighted by atomic mass is 10.1. The number of hydrogen-bond acceptors (Lipinski definition) is 2. The van der Waals surface area contributed by atoms with Gasteiger partial charge in [-0.1, -0.05) is 13.8 Å². The van der Waals surface area contributed by atoms with Gasteiger partial charge in [-0.15, -0.1) is 0 Å². The van der Waals surface area contributed by atoms with E-state index in [9.17, 15) is 22.0 Å². The molecule has 0 heterocycles. The van der Waals surface area contributed by atoms with Crippen LogP contribution in [0.3, 0.4) is 0 Å². The Hall–Kier alpha value is -1.37. The van der Waals surface area contributed by atoms with Crippen molar-refractivity contribution in [2.24, 2.45) is 0 Å². The Labute approximate surface area is 114 Å². The molecule has 0 aliphatic rings. The maximum absolute atomic E-state index is 13.8. The van der Waals surface area contributed by atoms with Crippen molar-refractivity contribution in [3.05, 3.63) is 29.3 Å². The van der Waals surface area contributed by atoms with Gasteiger partial charge in [0.15, 0.2) is 0 Å².